The first-order valence-electron chi connectivity index (χ1n) is 12.7. The minimum atomic E-state index is -3.59. The van der Waals surface area contributed by atoms with Crippen LogP contribution in [0.4, 0.5) is 0 Å². The molecule has 38 heavy (non-hydrogen) atoms. The first-order chi connectivity index (χ1) is 18.6. The summed E-state index contributed by atoms with van der Waals surface area (Å²) in [7, 11) is -3.59. The lowest BCUT2D eigenvalue weighted by Crippen LogP contribution is -2.31. The molecule has 0 aliphatic carbocycles. The van der Waals surface area contributed by atoms with Crippen LogP contribution < -0.4 is 14.1 Å². The summed E-state index contributed by atoms with van der Waals surface area (Å²) < 4.78 is 38.7. The Bertz CT molecular complexity index is 1270. The third-order valence-electron chi connectivity index (χ3n) is 6.27. The normalized spacial score (nSPS) is 21.2. The third-order valence-corrected chi connectivity index (χ3v) is 10.5. The number of aliphatic hydroxyl groups is 1. The maximum absolute atomic E-state index is 14.1. The van der Waals surface area contributed by atoms with Crippen molar-refractivity contribution in [3.63, 3.8) is 0 Å². The molecule has 2 heterocycles. The number of hydrogen-bond acceptors (Lipinski definition) is 7. The topological polar surface area (TPSA) is 74.2 Å². The van der Waals surface area contributed by atoms with Gasteiger partial charge in [0.2, 0.25) is 5.06 Å². The van der Waals surface area contributed by atoms with Crippen molar-refractivity contribution in [3.05, 3.63) is 114 Å². The number of aliphatic hydroxyl groups excluding tert-OH is 1. The molecule has 8 heteroatoms. The predicted molar refractivity (Wildman–Crippen MR) is 149 cm³/mol. The smallest absolute Gasteiger partial charge is 0.269 e. The monoisotopic (exact) mass is 550 g/mol. The Morgan fingerprint density at radius 2 is 1.34 bits per heavy atom. The van der Waals surface area contributed by atoms with Gasteiger partial charge in [-0.3, -0.25) is 4.57 Å². The summed E-state index contributed by atoms with van der Waals surface area (Å²) in [4.78, 5) is 0. The molecular formula is C30H31O6PS. The molecule has 0 bridgehead atoms. The Morgan fingerprint density at radius 1 is 0.789 bits per heavy atom. The number of ether oxygens (including phenoxy) is 3. The minimum Gasteiger partial charge on any atom is -0.484 e. The minimum absolute atomic E-state index is 0.297. The van der Waals surface area contributed by atoms with E-state index < -0.39 is 13.2 Å². The van der Waals surface area contributed by atoms with Gasteiger partial charge >= 0.3 is 0 Å². The van der Waals surface area contributed by atoms with E-state index in [1.165, 1.54) is 11.3 Å². The molecule has 1 N–H and O–H groups in total. The fourth-order valence-corrected chi connectivity index (χ4v) is 8.08. The highest BCUT2D eigenvalue weighted by molar-refractivity contribution is 7.73. The molecule has 0 radical (unpaired) electrons. The lowest BCUT2D eigenvalue weighted by Gasteiger charge is -2.33. The lowest BCUT2D eigenvalue weighted by atomic mass is 10.2. The summed E-state index contributed by atoms with van der Waals surface area (Å²) >= 11 is 1.21. The van der Waals surface area contributed by atoms with Gasteiger partial charge in [0, 0.05) is 6.07 Å². The second-order valence-corrected chi connectivity index (χ2v) is 13.0. The van der Waals surface area contributed by atoms with Gasteiger partial charge in [0.05, 0.1) is 23.9 Å². The first-order valence-corrected chi connectivity index (χ1v) is 15.2. The predicted octanol–water partition coefficient (Wildman–Crippen LogP) is 6.52. The van der Waals surface area contributed by atoms with Crippen LogP contribution in [0.3, 0.4) is 0 Å². The van der Waals surface area contributed by atoms with Crippen LogP contribution in [0.2, 0.25) is 0 Å². The fraction of sp³-hybridized carbons (Fsp3) is 0.267. The zero-order chi connectivity index (χ0) is 26.2. The van der Waals surface area contributed by atoms with Gasteiger partial charge in [-0.05, 0) is 29.5 Å². The largest absolute Gasteiger partial charge is 0.484 e. The number of thiophene rings is 1. The van der Waals surface area contributed by atoms with E-state index >= 15 is 0 Å². The average Bonchev–Trinajstić information content (AvgIpc) is 3.38. The Balaban J connectivity index is 1.31. The molecule has 3 unspecified atom stereocenters. The summed E-state index contributed by atoms with van der Waals surface area (Å²) in [5.74, 6) is -0.603. The highest BCUT2D eigenvalue weighted by atomic mass is 32.1. The van der Waals surface area contributed by atoms with Crippen LogP contribution >= 0.6 is 18.7 Å². The summed E-state index contributed by atoms with van der Waals surface area (Å²) in [6.07, 6.45) is 0.562. The van der Waals surface area contributed by atoms with Crippen LogP contribution in [-0.2, 0) is 33.6 Å². The van der Waals surface area contributed by atoms with Crippen molar-refractivity contribution in [3.8, 4) is 10.8 Å². The molecule has 1 aliphatic heterocycles. The van der Waals surface area contributed by atoms with E-state index in [0.717, 1.165) is 16.7 Å². The molecule has 3 aromatic carbocycles. The average molecular weight is 551 g/mol. The molecule has 1 aromatic heterocycles. The van der Waals surface area contributed by atoms with E-state index in [-0.39, 0.29) is 6.10 Å². The molecule has 0 saturated carbocycles. The van der Waals surface area contributed by atoms with Crippen molar-refractivity contribution in [2.75, 3.05) is 6.61 Å². The molecule has 4 aromatic rings. The van der Waals surface area contributed by atoms with Gasteiger partial charge in [-0.15, -0.1) is 0 Å². The van der Waals surface area contributed by atoms with Gasteiger partial charge in [-0.2, -0.15) is 0 Å². The van der Waals surface area contributed by atoms with Crippen LogP contribution in [0.5, 0.6) is 10.8 Å². The van der Waals surface area contributed by atoms with Crippen LogP contribution in [-0.4, -0.2) is 23.7 Å². The van der Waals surface area contributed by atoms with Gasteiger partial charge < -0.3 is 23.8 Å². The van der Waals surface area contributed by atoms with Gasteiger partial charge in [-0.25, -0.2) is 0 Å². The highest BCUT2D eigenvalue weighted by Gasteiger charge is 2.43. The molecular weight excluding hydrogens is 519 g/mol. The first kappa shape index (κ1) is 26.7. The summed E-state index contributed by atoms with van der Waals surface area (Å²) in [6, 6.07) is 31.2. The molecule has 198 valence electrons. The molecule has 1 fully saturated rings. The summed E-state index contributed by atoms with van der Waals surface area (Å²) in [5.41, 5.74) is 3.07. The number of rotatable bonds is 11. The van der Waals surface area contributed by atoms with Crippen molar-refractivity contribution in [1.82, 2.24) is 0 Å². The second-order valence-electron chi connectivity index (χ2n) is 9.17. The molecule has 5 rings (SSSR count). The number of benzene rings is 3. The van der Waals surface area contributed by atoms with E-state index in [0.29, 0.717) is 54.7 Å². The molecule has 3 atom stereocenters. The van der Waals surface area contributed by atoms with Crippen molar-refractivity contribution >= 4 is 23.3 Å². The maximum Gasteiger partial charge on any atom is 0.269 e. The highest BCUT2D eigenvalue weighted by Crippen LogP contribution is 2.58. The van der Waals surface area contributed by atoms with Crippen molar-refractivity contribution in [1.29, 1.82) is 0 Å². The van der Waals surface area contributed by atoms with Gasteiger partial charge in [-0.1, -0.05) is 102 Å². The molecule has 1 saturated heterocycles. The zero-order valence-electron chi connectivity index (χ0n) is 21.0. The van der Waals surface area contributed by atoms with Crippen LogP contribution in [0, 0.1) is 0 Å². The van der Waals surface area contributed by atoms with Crippen molar-refractivity contribution < 1.29 is 28.4 Å². The van der Waals surface area contributed by atoms with Crippen molar-refractivity contribution in [2.24, 2.45) is 0 Å². The Hall–Kier alpha value is -2.93. The zero-order valence-corrected chi connectivity index (χ0v) is 22.7. The second kappa shape index (κ2) is 12.7. The standard InChI is InChI=1S/C30H31O6PS/c31-28-17-16-26(22-33-19-23-10-4-1-5-11-23)36-37(28,32)29-18-27(34-20-24-12-6-2-7-13-24)30(38-29)35-21-25-14-8-3-9-15-25/h1-15,18,26,28,31H,16-17,19-22H2. The maximum atomic E-state index is 14.1. The molecule has 0 spiro atoms. The Labute approximate surface area is 227 Å². The van der Waals surface area contributed by atoms with E-state index in [1.54, 1.807) is 6.07 Å². The SMILES string of the molecule is O=P1(c2cc(OCc3ccccc3)c(OCc3ccccc3)s2)OC(COCc2ccccc2)CCC1O. The van der Waals surface area contributed by atoms with Gasteiger partial charge in [0.15, 0.2) is 5.75 Å². The van der Waals surface area contributed by atoms with Crippen LogP contribution in [0.25, 0.3) is 0 Å². The van der Waals surface area contributed by atoms with Gasteiger partial charge in [0.1, 0.15) is 19.1 Å². The molecule has 0 amide bonds. The summed E-state index contributed by atoms with van der Waals surface area (Å²) in [5, 5.41) is 11.3. The van der Waals surface area contributed by atoms with E-state index in [2.05, 4.69) is 0 Å². The molecule has 1 aliphatic rings. The quantitative estimate of drug-likeness (QED) is 0.214. The van der Waals surface area contributed by atoms with E-state index in [4.69, 9.17) is 18.7 Å². The number of hydrogen-bond donors (Lipinski definition) is 1. The van der Waals surface area contributed by atoms with Crippen molar-refractivity contribution in [2.45, 2.75) is 44.6 Å². The Morgan fingerprint density at radius 3 is 1.95 bits per heavy atom. The van der Waals surface area contributed by atoms with Gasteiger partial charge in [0.25, 0.3) is 7.37 Å². The van der Waals surface area contributed by atoms with Crippen LogP contribution in [0.1, 0.15) is 29.5 Å². The molecule has 6 nitrogen and oxygen atoms in total. The lowest BCUT2D eigenvalue weighted by molar-refractivity contribution is 0.0185. The van der Waals surface area contributed by atoms with E-state index in [1.807, 2.05) is 91.0 Å². The summed E-state index contributed by atoms with van der Waals surface area (Å²) in [6.45, 7) is 1.42. The third kappa shape index (κ3) is 6.73. The Kier molecular flexibility index (Phi) is 8.94. The van der Waals surface area contributed by atoms with Crippen LogP contribution in [0.15, 0.2) is 97.1 Å². The fourth-order valence-electron chi connectivity index (χ4n) is 4.20. The van der Waals surface area contributed by atoms with E-state index in [9.17, 15) is 9.67 Å².